The van der Waals surface area contributed by atoms with E-state index in [1.54, 1.807) is 7.11 Å². The number of nitrogens with zero attached hydrogens (tertiary/aromatic N) is 1. The van der Waals surface area contributed by atoms with E-state index in [1.807, 2.05) is 30.3 Å². The number of hydrogen-bond donors (Lipinski definition) is 1. The van der Waals surface area contributed by atoms with Crippen molar-refractivity contribution in [2.24, 2.45) is 0 Å². The highest BCUT2D eigenvalue weighted by Gasteiger charge is 2.27. The summed E-state index contributed by atoms with van der Waals surface area (Å²) in [6.45, 7) is 12.1. The van der Waals surface area contributed by atoms with Gasteiger partial charge in [-0.1, -0.05) is 64.7 Å². The standard InChI is InChI=1S/C28H38N2O4/c1-7-9-15-32-23-18-24(33-16-10-8-2)22(28(3,4)5)17-21(23)26-25(27(29)34-30-26)19-11-13-20(31-6)14-12-19/h11-14,17-18H,7-10,15-16,29H2,1-6H3. The van der Waals surface area contributed by atoms with Gasteiger partial charge in [0.2, 0.25) is 5.88 Å². The number of hydrogen-bond acceptors (Lipinski definition) is 6. The van der Waals surface area contributed by atoms with Crippen molar-refractivity contribution in [3.8, 4) is 39.6 Å². The Balaban J connectivity index is 2.17. The fraction of sp³-hybridized carbons (Fsp3) is 0.464. The summed E-state index contributed by atoms with van der Waals surface area (Å²) in [5.41, 5.74) is 10.3. The molecule has 0 spiro atoms. The second-order valence-corrected chi connectivity index (χ2v) is 9.50. The van der Waals surface area contributed by atoms with Crippen LogP contribution in [0.3, 0.4) is 0 Å². The highest BCUT2D eigenvalue weighted by Crippen LogP contribution is 2.45. The van der Waals surface area contributed by atoms with E-state index < -0.39 is 0 Å². The molecule has 0 bridgehead atoms. The largest absolute Gasteiger partial charge is 0.497 e. The zero-order chi connectivity index (χ0) is 24.7. The minimum absolute atomic E-state index is 0.145. The van der Waals surface area contributed by atoms with Gasteiger partial charge in [-0.2, -0.15) is 0 Å². The van der Waals surface area contributed by atoms with Crippen LogP contribution in [-0.4, -0.2) is 25.5 Å². The average Bonchev–Trinajstić information content (AvgIpc) is 3.20. The molecule has 0 fully saturated rings. The van der Waals surface area contributed by atoms with Crippen LogP contribution in [-0.2, 0) is 5.41 Å². The molecule has 2 aromatic carbocycles. The minimum atomic E-state index is -0.145. The van der Waals surface area contributed by atoms with Gasteiger partial charge in [-0.3, -0.25) is 0 Å². The molecule has 0 aliphatic carbocycles. The summed E-state index contributed by atoms with van der Waals surface area (Å²) >= 11 is 0. The van der Waals surface area contributed by atoms with Crippen LogP contribution in [0.15, 0.2) is 40.9 Å². The molecule has 2 N–H and O–H groups in total. The molecule has 34 heavy (non-hydrogen) atoms. The molecule has 0 aliphatic heterocycles. The monoisotopic (exact) mass is 466 g/mol. The van der Waals surface area contributed by atoms with Gasteiger partial charge in [0.1, 0.15) is 22.9 Å². The molecule has 0 atom stereocenters. The number of ether oxygens (including phenoxy) is 3. The first kappa shape index (κ1) is 25.5. The summed E-state index contributed by atoms with van der Waals surface area (Å²) in [6.07, 6.45) is 4.08. The van der Waals surface area contributed by atoms with Crippen LogP contribution in [0, 0.1) is 0 Å². The number of methoxy groups -OCH3 is 1. The Morgan fingerprint density at radius 2 is 1.53 bits per heavy atom. The predicted molar refractivity (Wildman–Crippen MR) is 138 cm³/mol. The lowest BCUT2D eigenvalue weighted by molar-refractivity contribution is 0.289. The first-order chi connectivity index (χ1) is 16.3. The van der Waals surface area contributed by atoms with Gasteiger partial charge in [0.25, 0.3) is 0 Å². The van der Waals surface area contributed by atoms with Crippen molar-refractivity contribution >= 4 is 5.88 Å². The molecule has 6 nitrogen and oxygen atoms in total. The maximum Gasteiger partial charge on any atom is 0.230 e. The average molecular weight is 467 g/mol. The van der Waals surface area contributed by atoms with Crippen molar-refractivity contribution in [2.45, 2.75) is 65.7 Å². The van der Waals surface area contributed by atoms with Crippen LogP contribution < -0.4 is 19.9 Å². The molecule has 6 heteroatoms. The summed E-state index contributed by atoms with van der Waals surface area (Å²) < 4.78 is 23.3. The zero-order valence-electron chi connectivity index (χ0n) is 21.4. The van der Waals surface area contributed by atoms with Crippen molar-refractivity contribution < 1.29 is 18.7 Å². The molecule has 1 aromatic heterocycles. The first-order valence-electron chi connectivity index (χ1n) is 12.1. The third-order valence-corrected chi connectivity index (χ3v) is 5.75. The zero-order valence-corrected chi connectivity index (χ0v) is 21.4. The van der Waals surface area contributed by atoms with Crippen molar-refractivity contribution in [3.05, 3.63) is 42.0 Å². The van der Waals surface area contributed by atoms with E-state index in [-0.39, 0.29) is 11.3 Å². The fourth-order valence-electron chi connectivity index (χ4n) is 3.75. The van der Waals surface area contributed by atoms with Crippen LogP contribution in [0.5, 0.6) is 17.2 Å². The van der Waals surface area contributed by atoms with E-state index in [9.17, 15) is 0 Å². The lowest BCUT2D eigenvalue weighted by Gasteiger charge is -2.25. The maximum atomic E-state index is 6.26. The molecule has 184 valence electrons. The third kappa shape index (κ3) is 5.85. The highest BCUT2D eigenvalue weighted by molar-refractivity contribution is 5.89. The van der Waals surface area contributed by atoms with Gasteiger partial charge in [-0.25, -0.2) is 0 Å². The molecular formula is C28H38N2O4. The van der Waals surface area contributed by atoms with Crippen molar-refractivity contribution in [2.75, 3.05) is 26.1 Å². The lowest BCUT2D eigenvalue weighted by Crippen LogP contribution is -2.15. The normalized spacial score (nSPS) is 11.5. The summed E-state index contributed by atoms with van der Waals surface area (Å²) in [5.74, 6) is 2.60. The number of nitrogen functional groups attached to an aromatic ring is 1. The van der Waals surface area contributed by atoms with E-state index in [0.717, 1.165) is 65.2 Å². The Morgan fingerprint density at radius 1 is 0.912 bits per heavy atom. The van der Waals surface area contributed by atoms with Gasteiger partial charge in [0.15, 0.2) is 0 Å². The Morgan fingerprint density at radius 3 is 2.09 bits per heavy atom. The van der Waals surface area contributed by atoms with Gasteiger partial charge in [-0.15, -0.1) is 0 Å². The van der Waals surface area contributed by atoms with Crippen molar-refractivity contribution in [1.82, 2.24) is 5.16 Å². The molecule has 0 saturated carbocycles. The maximum absolute atomic E-state index is 6.26. The van der Waals surface area contributed by atoms with Gasteiger partial charge in [0.05, 0.1) is 25.9 Å². The number of benzene rings is 2. The van der Waals surface area contributed by atoms with Crippen LogP contribution in [0.1, 0.15) is 65.9 Å². The summed E-state index contributed by atoms with van der Waals surface area (Å²) in [4.78, 5) is 0. The fourth-order valence-corrected chi connectivity index (χ4v) is 3.75. The molecule has 3 aromatic rings. The van der Waals surface area contributed by atoms with Gasteiger partial charge >= 0.3 is 0 Å². The highest BCUT2D eigenvalue weighted by atomic mass is 16.5. The second-order valence-electron chi connectivity index (χ2n) is 9.50. The van der Waals surface area contributed by atoms with Crippen molar-refractivity contribution in [3.63, 3.8) is 0 Å². The Labute approximate surface area is 203 Å². The van der Waals surface area contributed by atoms with E-state index in [0.29, 0.717) is 18.9 Å². The van der Waals surface area contributed by atoms with Crippen LogP contribution in [0.2, 0.25) is 0 Å². The second kappa shape index (κ2) is 11.3. The molecule has 3 rings (SSSR count). The summed E-state index contributed by atoms with van der Waals surface area (Å²) in [7, 11) is 1.65. The molecule has 0 aliphatic rings. The topological polar surface area (TPSA) is 79.7 Å². The van der Waals surface area contributed by atoms with Crippen LogP contribution in [0.25, 0.3) is 22.4 Å². The van der Waals surface area contributed by atoms with Gasteiger partial charge in [0, 0.05) is 17.2 Å². The molecule has 0 saturated heterocycles. The summed E-state index contributed by atoms with van der Waals surface area (Å²) in [6, 6.07) is 11.8. The number of unbranched alkanes of at least 4 members (excludes halogenated alkanes) is 2. The minimum Gasteiger partial charge on any atom is -0.497 e. The number of aromatic nitrogens is 1. The predicted octanol–water partition coefficient (Wildman–Crippen LogP) is 7.25. The molecule has 1 heterocycles. The summed E-state index contributed by atoms with van der Waals surface area (Å²) in [5, 5.41) is 4.37. The number of anilines is 1. The van der Waals surface area contributed by atoms with Crippen LogP contribution >= 0.6 is 0 Å². The Hall–Kier alpha value is -3.15. The van der Waals surface area contributed by atoms with E-state index in [4.69, 9.17) is 24.5 Å². The molecule has 0 amide bonds. The first-order valence-corrected chi connectivity index (χ1v) is 12.1. The van der Waals surface area contributed by atoms with E-state index >= 15 is 0 Å². The van der Waals surface area contributed by atoms with Gasteiger partial charge < -0.3 is 24.5 Å². The van der Waals surface area contributed by atoms with E-state index in [2.05, 4.69) is 45.8 Å². The quantitative estimate of drug-likeness (QED) is 0.300. The Kier molecular flexibility index (Phi) is 8.48. The molecule has 0 radical (unpaired) electrons. The number of rotatable bonds is 11. The van der Waals surface area contributed by atoms with Crippen molar-refractivity contribution in [1.29, 1.82) is 0 Å². The third-order valence-electron chi connectivity index (χ3n) is 5.75. The van der Waals surface area contributed by atoms with Gasteiger partial charge in [-0.05, 0) is 42.0 Å². The molecule has 0 unspecified atom stereocenters. The van der Waals surface area contributed by atoms with E-state index in [1.165, 1.54) is 0 Å². The lowest BCUT2D eigenvalue weighted by atomic mass is 9.84. The van der Waals surface area contributed by atoms with Crippen LogP contribution in [0.4, 0.5) is 5.88 Å². The smallest absolute Gasteiger partial charge is 0.230 e. The molecular weight excluding hydrogens is 428 g/mol. The Bertz CT molecular complexity index is 1070. The SMILES string of the molecule is CCCCOc1cc(OCCCC)c(C(C)(C)C)cc1-c1noc(N)c1-c1ccc(OC)cc1. The number of nitrogens with two attached hydrogens (primary N) is 1.